The largest absolute Gasteiger partial charge is 0.303 e. The Morgan fingerprint density at radius 3 is 2.81 bits per heavy atom. The molecule has 4 heteroatoms. The molecule has 0 unspecified atom stereocenters. The highest BCUT2D eigenvalue weighted by Crippen LogP contribution is 2.37. The van der Waals surface area contributed by atoms with E-state index in [-0.39, 0.29) is 0 Å². The molecular formula is C17H18BrNOS. The maximum Gasteiger partial charge on any atom is 0.173 e. The molecule has 110 valence electrons. The number of Topliss-reactive ketones (excluding diaryl/α,β-unsaturated/α-hetero) is 1. The van der Waals surface area contributed by atoms with E-state index in [2.05, 4.69) is 33.0 Å². The van der Waals surface area contributed by atoms with Crippen LogP contribution in [0.3, 0.4) is 0 Å². The molecule has 1 aromatic heterocycles. The van der Waals surface area contributed by atoms with Crippen LogP contribution in [-0.2, 0) is 0 Å². The van der Waals surface area contributed by atoms with Gasteiger partial charge in [-0.15, -0.1) is 11.3 Å². The molecule has 3 aliphatic heterocycles. The first-order valence-electron chi connectivity index (χ1n) is 7.64. The third-order valence-corrected chi connectivity index (χ3v) is 7.16. The van der Waals surface area contributed by atoms with Crippen LogP contribution in [0.4, 0.5) is 0 Å². The summed E-state index contributed by atoms with van der Waals surface area (Å²) in [6.07, 6.45) is 3.30. The Bertz CT molecular complexity index is 687. The number of ketones is 1. The van der Waals surface area contributed by atoms with Crippen LogP contribution in [0.15, 0.2) is 28.7 Å². The lowest BCUT2D eigenvalue weighted by Gasteiger charge is -2.44. The highest BCUT2D eigenvalue weighted by molar-refractivity contribution is 9.10. The SMILES string of the molecule is O=C(C[C@H]1CN2CCC1CC2)c1cc2cccc(Br)c2s1. The van der Waals surface area contributed by atoms with Gasteiger partial charge >= 0.3 is 0 Å². The van der Waals surface area contributed by atoms with Crippen molar-refractivity contribution in [3.63, 3.8) is 0 Å². The second-order valence-electron chi connectivity index (χ2n) is 6.29. The van der Waals surface area contributed by atoms with E-state index in [4.69, 9.17) is 0 Å². The summed E-state index contributed by atoms with van der Waals surface area (Å²) in [6.45, 7) is 3.61. The Labute approximate surface area is 137 Å². The van der Waals surface area contributed by atoms with Gasteiger partial charge in [-0.3, -0.25) is 4.79 Å². The third kappa shape index (κ3) is 2.58. The molecule has 0 amide bonds. The first-order chi connectivity index (χ1) is 10.2. The Morgan fingerprint density at radius 1 is 1.33 bits per heavy atom. The fourth-order valence-electron chi connectivity index (χ4n) is 3.82. The normalized spacial score (nSPS) is 28.1. The number of hydrogen-bond donors (Lipinski definition) is 0. The molecule has 2 bridgehead atoms. The Morgan fingerprint density at radius 2 is 2.14 bits per heavy atom. The summed E-state index contributed by atoms with van der Waals surface area (Å²) in [4.78, 5) is 16.1. The van der Waals surface area contributed by atoms with Gasteiger partial charge in [-0.2, -0.15) is 0 Å². The molecule has 0 saturated carbocycles. The average Bonchev–Trinajstić information content (AvgIpc) is 2.94. The number of halogens is 1. The molecular weight excluding hydrogens is 346 g/mol. The van der Waals surface area contributed by atoms with E-state index in [1.165, 1.54) is 36.0 Å². The predicted octanol–water partition coefficient (Wildman–Crippen LogP) is 4.58. The summed E-state index contributed by atoms with van der Waals surface area (Å²) in [5, 5.41) is 1.17. The van der Waals surface area contributed by atoms with E-state index in [0.717, 1.165) is 28.2 Å². The van der Waals surface area contributed by atoms with E-state index in [9.17, 15) is 4.79 Å². The van der Waals surface area contributed by atoms with Crippen molar-refractivity contribution in [2.24, 2.45) is 11.8 Å². The highest BCUT2D eigenvalue weighted by Gasteiger charge is 2.35. The third-order valence-electron chi connectivity index (χ3n) is 5.01. The number of hydrogen-bond acceptors (Lipinski definition) is 3. The molecule has 0 N–H and O–H groups in total. The lowest BCUT2D eigenvalue weighted by Crippen LogP contribution is -2.47. The molecule has 4 heterocycles. The maximum atomic E-state index is 12.6. The molecule has 1 aromatic carbocycles. The van der Waals surface area contributed by atoms with Crippen LogP contribution in [0.5, 0.6) is 0 Å². The number of piperidine rings is 3. The fraction of sp³-hybridized carbons (Fsp3) is 0.471. The standard InChI is InChI=1S/C17H18BrNOS/c18-14-3-1-2-12-9-16(21-17(12)14)15(20)8-13-10-19-6-4-11(13)5-7-19/h1-3,9,11,13H,4-8,10H2/t13-/m0/s1. The zero-order valence-corrected chi connectivity index (χ0v) is 14.3. The van der Waals surface area contributed by atoms with Crippen LogP contribution in [0.25, 0.3) is 10.1 Å². The number of nitrogens with zero attached hydrogens (tertiary/aromatic N) is 1. The van der Waals surface area contributed by atoms with Gasteiger partial charge in [-0.25, -0.2) is 0 Å². The molecule has 0 spiro atoms. The van der Waals surface area contributed by atoms with Crippen molar-refractivity contribution in [1.29, 1.82) is 0 Å². The number of benzene rings is 1. The van der Waals surface area contributed by atoms with Gasteiger partial charge in [0, 0.05) is 22.1 Å². The summed E-state index contributed by atoms with van der Waals surface area (Å²) >= 11 is 5.21. The van der Waals surface area contributed by atoms with Crippen LogP contribution < -0.4 is 0 Å². The molecule has 3 aliphatic rings. The van der Waals surface area contributed by atoms with Crippen LogP contribution >= 0.6 is 27.3 Å². The molecule has 1 atom stereocenters. The highest BCUT2D eigenvalue weighted by atomic mass is 79.9. The molecule has 5 rings (SSSR count). The van der Waals surface area contributed by atoms with Gasteiger partial charge < -0.3 is 4.90 Å². The van der Waals surface area contributed by atoms with Gasteiger partial charge in [0.05, 0.1) is 4.88 Å². The Hall–Kier alpha value is -0.710. The van der Waals surface area contributed by atoms with Gasteiger partial charge in [0.15, 0.2) is 5.78 Å². The molecule has 0 aliphatic carbocycles. The molecule has 21 heavy (non-hydrogen) atoms. The van der Waals surface area contributed by atoms with Gasteiger partial charge in [-0.05, 0) is 71.2 Å². The van der Waals surface area contributed by atoms with Crippen molar-refractivity contribution in [1.82, 2.24) is 4.90 Å². The van der Waals surface area contributed by atoms with Crippen molar-refractivity contribution in [3.8, 4) is 0 Å². The average molecular weight is 364 g/mol. The summed E-state index contributed by atoms with van der Waals surface area (Å²) in [7, 11) is 0. The van der Waals surface area contributed by atoms with Gasteiger partial charge in [0.2, 0.25) is 0 Å². The Balaban J connectivity index is 1.55. The first-order valence-corrected chi connectivity index (χ1v) is 9.25. The summed E-state index contributed by atoms with van der Waals surface area (Å²) in [6, 6.07) is 8.22. The van der Waals surface area contributed by atoms with Crippen LogP contribution in [0.1, 0.15) is 28.9 Å². The van der Waals surface area contributed by atoms with Crippen molar-refractivity contribution in [2.75, 3.05) is 19.6 Å². The van der Waals surface area contributed by atoms with Crippen LogP contribution in [0, 0.1) is 11.8 Å². The lowest BCUT2D eigenvalue weighted by atomic mass is 9.76. The summed E-state index contributed by atoms with van der Waals surface area (Å²) in [5.41, 5.74) is 0. The molecule has 0 radical (unpaired) electrons. The summed E-state index contributed by atoms with van der Waals surface area (Å²) < 4.78 is 2.28. The predicted molar refractivity (Wildman–Crippen MR) is 91.1 cm³/mol. The van der Waals surface area contributed by atoms with Crippen molar-refractivity contribution in [3.05, 3.63) is 33.6 Å². The van der Waals surface area contributed by atoms with Crippen LogP contribution in [-0.4, -0.2) is 30.3 Å². The zero-order valence-electron chi connectivity index (χ0n) is 11.8. The first kappa shape index (κ1) is 13.9. The number of fused-ring (bicyclic) bond motifs is 4. The maximum absolute atomic E-state index is 12.6. The number of carbonyl (C=O) groups excluding carboxylic acids is 1. The molecule has 2 nitrogen and oxygen atoms in total. The van der Waals surface area contributed by atoms with Crippen molar-refractivity contribution < 1.29 is 4.79 Å². The van der Waals surface area contributed by atoms with E-state index in [1.54, 1.807) is 11.3 Å². The minimum Gasteiger partial charge on any atom is -0.303 e. The van der Waals surface area contributed by atoms with Crippen molar-refractivity contribution in [2.45, 2.75) is 19.3 Å². The second-order valence-corrected chi connectivity index (χ2v) is 8.20. The molecule has 2 aromatic rings. The van der Waals surface area contributed by atoms with Gasteiger partial charge in [0.1, 0.15) is 0 Å². The van der Waals surface area contributed by atoms with E-state index < -0.39 is 0 Å². The van der Waals surface area contributed by atoms with Crippen LogP contribution in [0.2, 0.25) is 0 Å². The molecule has 3 saturated heterocycles. The monoisotopic (exact) mass is 363 g/mol. The minimum absolute atomic E-state index is 0.335. The van der Waals surface area contributed by atoms with E-state index in [0.29, 0.717) is 11.7 Å². The summed E-state index contributed by atoms with van der Waals surface area (Å²) in [5.74, 6) is 1.69. The molecule has 3 fully saturated rings. The zero-order chi connectivity index (χ0) is 14.4. The number of rotatable bonds is 3. The Kier molecular flexibility index (Phi) is 3.64. The van der Waals surface area contributed by atoms with E-state index in [1.807, 2.05) is 12.1 Å². The topological polar surface area (TPSA) is 20.3 Å². The van der Waals surface area contributed by atoms with Crippen molar-refractivity contribution >= 4 is 43.1 Å². The smallest absolute Gasteiger partial charge is 0.173 e. The van der Waals surface area contributed by atoms with E-state index >= 15 is 0 Å². The quantitative estimate of drug-likeness (QED) is 0.743. The minimum atomic E-state index is 0.335. The van der Waals surface area contributed by atoms with Gasteiger partial charge in [-0.1, -0.05) is 12.1 Å². The lowest BCUT2D eigenvalue weighted by molar-refractivity contribution is 0.0442. The fourth-order valence-corrected chi connectivity index (χ4v) is 5.46. The number of thiophene rings is 1. The number of carbonyl (C=O) groups is 1. The van der Waals surface area contributed by atoms with Gasteiger partial charge in [0.25, 0.3) is 0 Å². The second kappa shape index (κ2) is 5.49.